The van der Waals surface area contributed by atoms with Crippen molar-refractivity contribution in [2.24, 2.45) is 0 Å². The molecule has 0 aromatic heterocycles. The van der Waals surface area contributed by atoms with E-state index in [2.05, 4.69) is 6.92 Å². The molecule has 8 nitrogen and oxygen atoms in total. The fourth-order valence-electron chi connectivity index (χ4n) is 3.87. The highest BCUT2D eigenvalue weighted by Crippen LogP contribution is 2.41. The molecule has 1 saturated heterocycles. The zero-order valence-electron chi connectivity index (χ0n) is 20.0. The van der Waals surface area contributed by atoms with E-state index in [1.54, 1.807) is 42.5 Å². The van der Waals surface area contributed by atoms with Crippen LogP contribution in [0, 0.1) is 0 Å². The average molecular weight is 470 g/mol. The third-order valence-corrected chi connectivity index (χ3v) is 5.69. The minimum absolute atomic E-state index is 0.00738. The lowest BCUT2D eigenvalue weighted by molar-refractivity contribution is -0.140. The summed E-state index contributed by atoms with van der Waals surface area (Å²) in [6.07, 6.45) is 1.97. The maximum absolute atomic E-state index is 13.1. The van der Waals surface area contributed by atoms with Crippen molar-refractivity contribution >= 4 is 17.4 Å². The van der Waals surface area contributed by atoms with Crippen LogP contribution in [0.15, 0.2) is 48.0 Å². The van der Waals surface area contributed by atoms with Crippen LogP contribution in [-0.4, -0.2) is 62.8 Å². The number of benzene rings is 2. The Hall–Kier alpha value is -3.52. The van der Waals surface area contributed by atoms with Gasteiger partial charge >= 0.3 is 0 Å². The number of amides is 1. The molecule has 8 heteroatoms. The van der Waals surface area contributed by atoms with E-state index in [-0.39, 0.29) is 24.5 Å². The summed E-state index contributed by atoms with van der Waals surface area (Å²) in [6.45, 7) is 3.11. The van der Waals surface area contributed by atoms with Gasteiger partial charge in [-0.1, -0.05) is 19.4 Å². The van der Waals surface area contributed by atoms with Crippen LogP contribution in [-0.2, 0) is 14.3 Å². The van der Waals surface area contributed by atoms with Gasteiger partial charge in [0.25, 0.3) is 11.7 Å². The maximum Gasteiger partial charge on any atom is 0.295 e. The van der Waals surface area contributed by atoms with Crippen LogP contribution in [0.25, 0.3) is 5.76 Å². The van der Waals surface area contributed by atoms with E-state index in [4.69, 9.17) is 18.9 Å². The van der Waals surface area contributed by atoms with E-state index >= 15 is 0 Å². The second-order valence-corrected chi connectivity index (χ2v) is 7.83. The molecule has 0 bridgehead atoms. The molecule has 0 radical (unpaired) electrons. The Bertz CT molecular complexity index is 1050. The number of likely N-dealkylation sites (tertiary alicyclic amines) is 1. The van der Waals surface area contributed by atoms with Crippen molar-refractivity contribution in [2.45, 2.75) is 25.8 Å². The molecule has 182 valence electrons. The summed E-state index contributed by atoms with van der Waals surface area (Å²) in [7, 11) is 4.55. The molecule has 1 fully saturated rings. The Balaban J connectivity index is 2.06. The first-order valence-corrected chi connectivity index (χ1v) is 11.2. The van der Waals surface area contributed by atoms with Crippen LogP contribution >= 0.6 is 0 Å². The lowest BCUT2D eigenvalue weighted by atomic mass is 9.95. The molecule has 0 aliphatic carbocycles. The van der Waals surface area contributed by atoms with Crippen molar-refractivity contribution < 1.29 is 33.6 Å². The summed E-state index contributed by atoms with van der Waals surface area (Å²) in [6, 6.07) is 11.1. The second-order valence-electron chi connectivity index (χ2n) is 7.83. The van der Waals surface area contributed by atoms with Crippen LogP contribution in [0.2, 0.25) is 0 Å². The number of hydrogen-bond acceptors (Lipinski definition) is 7. The van der Waals surface area contributed by atoms with Gasteiger partial charge in [-0.2, -0.15) is 0 Å². The maximum atomic E-state index is 13.1. The highest BCUT2D eigenvalue weighted by Gasteiger charge is 2.46. The number of aliphatic hydroxyl groups excluding tert-OH is 1. The molecule has 0 spiro atoms. The number of carbonyl (C=O) groups is 2. The SMILES string of the molecule is CCCCOc1ccc(/C(O)=C2\C(=O)C(=O)N(CCOC)C2c2ccc(OC)c(OC)c2)cc1. The summed E-state index contributed by atoms with van der Waals surface area (Å²) in [5.41, 5.74) is 1.03. The normalized spacial score (nSPS) is 17.2. The summed E-state index contributed by atoms with van der Waals surface area (Å²) in [5.74, 6) is -0.0700. The van der Waals surface area contributed by atoms with E-state index in [9.17, 15) is 14.7 Å². The molecular weight excluding hydrogens is 438 g/mol. The number of ether oxygens (including phenoxy) is 4. The van der Waals surface area contributed by atoms with Crippen molar-refractivity contribution in [3.63, 3.8) is 0 Å². The summed E-state index contributed by atoms with van der Waals surface area (Å²) in [4.78, 5) is 27.4. The molecule has 34 heavy (non-hydrogen) atoms. The Morgan fingerprint density at radius 1 is 0.971 bits per heavy atom. The van der Waals surface area contributed by atoms with E-state index in [0.717, 1.165) is 12.8 Å². The topological polar surface area (TPSA) is 94.5 Å². The van der Waals surface area contributed by atoms with Gasteiger partial charge in [-0.3, -0.25) is 9.59 Å². The first kappa shape index (κ1) is 25.1. The Labute approximate surface area is 199 Å². The van der Waals surface area contributed by atoms with Gasteiger partial charge in [-0.05, 0) is 48.4 Å². The van der Waals surface area contributed by atoms with Crippen molar-refractivity contribution in [1.82, 2.24) is 4.90 Å². The molecule has 2 aromatic carbocycles. The van der Waals surface area contributed by atoms with E-state index in [0.29, 0.717) is 35.0 Å². The number of carbonyl (C=O) groups excluding carboxylic acids is 2. The van der Waals surface area contributed by atoms with Crippen LogP contribution in [0.1, 0.15) is 36.9 Å². The van der Waals surface area contributed by atoms with Crippen molar-refractivity contribution in [3.05, 3.63) is 59.2 Å². The van der Waals surface area contributed by atoms with Gasteiger partial charge < -0.3 is 29.0 Å². The van der Waals surface area contributed by atoms with E-state index < -0.39 is 17.7 Å². The lowest BCUT2D eigenvalue weighted by Gasteiger charge is -2.25. The molecule has 3 rings (SSSR count). The number of ketones is 1. The largest absolute Gasteiger partial charge is 0.507 e. The Morgan fingerprint density at radius 3 is 2.29 bits per heavy atom. The average Bonchev–Trinajstić information content (AvgIpc) is 3.12. The first-order chi connectivity index (χ1) is 16.5. The molecule has 1 amide bonds. The van der Waals surface area contributed by atoms with Gasteiger partial charge in [0.15, 0.2) is 11.5 Å². The monoisotopic (exact) mass is 469 g/mol. The highest BCUT2D eigenvalue weighted by atomic mass is 16.5. The molecular formula is C26H31NO7. The third-order valence-electron chi connectivity index (χ3n) is 5.69. The van der Waals surface area contributed by atoms with Crippen molar-refractivity contribution in [1.29, 1.82) is 0 Å². The molecule has 1 N–H and O–H groups in total. The Morgan fingerprint density at radius 2 is 1.68 bits per heavy atom. The fraction of sp³-hybridized carbons (Fsp3) is 0.385. The zero-order chi connectivity index (χ0) is 24.7. The number of hydrogen-bond donors (Lipinski definition) is 1. The fourth-order valence-corrected chi connectivity index (χ4v) is 3.87. The lowest BCUT2D eigenvalue weighted by Crippen LogP contribution is -2.32. The van der Waals surface area contributed by atoms with Gasteiger partial charge in [0.05, 0.1) is 39.0 Å². The number of methoxy groups -OCH3 is 3. The van der Waals surface area contributed by atoms with Gasteiger partial charge in [0, 0.05) is 19.2 Å². The zero-order valence-corrected chi connectivity index (χ0v) is 20.0. The quantitative estimate of drug-likeness (QED) is 0.230. The summed E-state index contributed by atoms with van der Waals surface area (Å²) >= 11 is 0. The van der Waals surface area contributed by atoms with Gasteiger partial charge in [0.2, 0.25) is 0 Å². The van der Waals surface area contributed by atoms with Crippen LogP contribution in [0.5, 0.6) is 17.2 Å². The number of Topliss-reactive ketones (excluding diaryl/α,β-unsaturated/α-hetero) is 1. The predicted octanol–water partition coefficient (Wildman–Crippen LogP) is 3.95. The molecule has 0 saturated carbocycles. The molecule has 1 atom stereocenters. The van der Waals surface area contributed by atoms with Gasteiger partial charge in [-0.25, -0.2) is 0 Å². The summed E-state index contributed by atoms with van der Waals surface area (Å²) < 4.78 is 21.5. The van der Waals surface area contributed by atoms with Crippen LogP contribution in [0.3, 0.4) is 0 Å². The molecule has 1 unspecified atom stereocenters. The minimum Gasteiger partial charge on any atom is -0.507 e. The molecule has 1 aliphatic rings. The molecule has 1 heterocycles. The van der Waals surface area contributed by atoms with Gasteiger partial charge in [0.1, 0.15) is 11.5 Å². The molecule has 2 aromatic rings. The van der Waals surface area contributed by atoms with Crippen LogP contribution < -0.4 is 14.2 Å². The first-order valence-electron chi connectivity index (χ1n) is 11.2. The van der Waals surface area contributed by atoms with Crippen molar-refractivity contribution in [2.75, 3.05) is 41.1 Å². The Kier molecular flexibility index (Phi) is 8.54. The number of nitrogens with zero attached hydrogens (tertiary/aromatic N) is 1. The van der Waals surface area contributed by atoms with Gasteiger partial charge in [-0.15, -0.1) is 0 Å². The minimum atomic E-state index is -0.810. The predicted molar refractivity (Wildman–Crippen MR) is 127 cm³/mol. The van der Waals surface area contributed by atoms with Crippen LogP contribution in [0.4, 0.5) is 0 Å². The van der Waals surface area contributed by atoms with E-state index in [1.807, 2.05) is 0 Å². The number of unbranched alkanes of at least 4 members (excludes halogenated alkanes) is 1. The van der Waals surface area contributed by atoms with Crippen molar-refractivity contribution in [3.8, 4) is 17.2 Å². The smallest absolute Gasteiger partial charge is 0.295 e. The highest BCUT2D eigenvalue weighted by molar-refractivity contribution is 6.46. The summed E-state index contributed by atoms with van der Waals surface area (Å²) in [5, 5.41) is 11.2. The molecule has 1 aliphatic heterocycles. The number of aliphatic hydroxyl groups is 1. The standard InChI is InChI=1S/C26H31NO7/c1-5-6-14-34-19-10-7-17(8-11-19)24(28)22-23(27(13-15-31-2)26(30)25(22)29)18-9-12-20(32-3)21(16-18)33-4/h7-12,16,23,28H,5-6,13-15H2,1-4H3/b24-22+. The third kappa shape index (κ3) is 5.17. The number of rotatable bonds is 11. The second kappa shape index (κ2) is 11.6. The van der Waals surface area contributed by atoms with E-state index in [1.165, 1.54) is 26.2 Å².